The molecular formula is C33H37ClN4O8S. The maximum atomic E-state index is 14.2. The van der Waals surface area contributed by atoms with Gasteiger partial charge in [-0.05, 0) is 48.7 Å². The van der Waals surface area contributed by atoms with E-state index in [1.165, 1.54) is 33.6 Å². The number of carboxylic acid groups (broad SMARTS) is 1. The third-order valence-electron chi connectivity index (χ3n) is 7.92. The number of hydrogen-bond acceptors (Lipinski definition) is 9. The Morgan fingerprint density at radius 1 is 1.04 bits per heavy atom. The molecule has 47 heavy (non-hydrogen) atoms. The van der Waals surface area contributed by atoms with Gasteiger partial charge in [-0.1, -0.05) is 30.7 Å². The van der Waals surface area contributed by atoms with Crippen LogP contribution in [0.1, 0.15) is 46.6 Å². The second-order valence-electron chi connectivity index (χ2n) is 10.8. The normalized spacial score (nSPS) is 15.5. The summed E-state index contributed by atoms with van der Waals surface area (Å²) in [5.41, 5.74) is 1.86. The quantitative estimate of drug-likeness (QED) is 0.245. The van der Waals surface area contributed by atoms with Crippen molar-refractivity contribution in [3.05, 3.63) is 76.1 Å². The van der Waals surface area contributed by atoms with Crippen LogP contribution in [0, 0.1) is 5.92 Å². The van der Waals surface area contributed by atoms with Crippen molar-refractivity contribution in [2.75, 3.05) is 41.5 Å². The molecular weight excluding hydrogens is 648 g/mol. The highest BCUT2D eigenvalue weighted by molar-refractivity contribution is 7.80. The van der Waals surface area contributed by atoms with E-state index in [9.17, 15) is 19.5 Å². The van der Waals surface area contributed by atoms with Crippen LogP contribution in [0.3, 0.4) is 0 Å². The van der Waals surface area contributed by atoms with Crippen molar-refractivity contribution >= 4 is 46.7 Å². The summed E-state index contributed by atoms with van der Waals surface area (Å²) in [5.74, 6) is -0.172. The van der Waals surface area contributed by atoms with Crippen LogP contribution in [0.25, 0.3) is 0 Å². The molecule has 2 aromatic carbocycles. The number of nitrogens with one attached hydrogen (secondary N) is 1. The summed E-state index contributed by atoms with van der Waals surface area (Å²) < 4.78 is 22.3. The highest BCUT2D eigenvalue weighted by Gasteiger charge is 2.37. The van der Waals surface area contributed by atoms with Gasteiger partial charge in [-0.25, -0.2) is 9.59 Å². The summed E-state index contributed by atoms with van der Waals surface area (Å²) in [7, 11) is 6.15. The molecule has 14 heteroatoms. The highest BCUT2D eigenvalue weighted by atomic mass is 35.5. The van der Waals surface area contributed by atoms with Crippen molar-refractivity contribution < 1.29 is 38.4 Å². The summed E-state index contributed by atoms with van der Waals surface area (Å²) in [5, 5.41) is 12.6. The molecule has 1 fully saturated rings. The smallest absolute Gasteiger partial charge is 0.337 e. The Morgan fingerprint density at radius 3 is 2.28 bits per heavy atom. The molecule has 0 spiro atoms. The van der Waals surface area contributed by atoms with Gasteiger partial charge in [0, 0.05) is 29.9 Å². The van der Waals surface area contributed by atoms with E-state index in [1.807, 2.05) is 11.8 Å². The van der Waals surface area contributed by atoms with E-state index >= 15 is 0 Å². The minimum atomic E-state index is -1.11. The van der Waals surface area contributed by atoms with E-state index in [2.05, 4.69) is 10.3 Å². The Morgan fingerprint density at radius 2 is 1.72 bits per heavy atom. The number of methoxy groups -OCH3 is 4. The second-order valence-corrected chi connectivity index (χ2v) is 11.7. The van der Waals surface area contributed by atoms with Gasteiger partial charge in [0.25, 0.3) is 0 Å². The Balaban J connectivity index is 1.69. The van der Waals surface area contributed by atoms with Gasteiger partial charge in [0.05, 0.1) is 75.3 Å². The van der Waals surface area contributed by atoms with E-state index in [0.717, 1.165) is 4.90 Å². The van der Waals surface area contributed by atoms with Crippen LogP contribution in [0.2, 0.25) is 5.02 Å². The first-order chi connectivity index (χ1) is 22.5. The van der Waals surface area contributed by atoms with Gasteiger partial charge < -0.3 is 34.3 Å². The molecule has 2 atom stereocenters. The zero-order valence-corrected chi connectivity index (χ0v) is 28.3. The SMILES string of the molecule is CC[C@@H](NC(=O)N1CC(=S)N(Cc2c(OC)cc(OC)cc2OC)C[C@@H](Cc2cc(Cl)ccc2OC)C1=O)c1ccc(C(=O)O)cn1. The molecule has 3 amide bonds. The van der Waals surface area contributed by atoms with E-state index in [0.29, 0.717) is 56.3 Å². The van der Waals surface area contributed by atoms with Crippen LogP contribution in [-0.4, -0.2) is 84.3 Å². The van der Waals surface area contributed by atoms with Crippen molar-refractivity contribution in [3.8, 4) is 23.0 Å². The van der Waals surface area contributed by atoms with E-state index in [4.69, 9.17) is 42.8 Å². The lowest BCUT2D eigenvalue weighted by molar-refractivity contribution is -0.131. The first kappa shape index (κ1) is 35.2. The molecule has 4 rings (SSSR count). The molecule has 3 aromatic rings. The maximum Gasteiger partial charge on any atom is 0.337 e. The van der Waals surface area contributed by atoms with Gasteiger partial charge >= 0.3 is 12.0 Å². The van der Waals surface area contributed by atoms with Crippen LogP contribution >= 0.6 is 23.8 Å². The number of thiocarbonyl (C=S) groups is 1. The Labute approximate surface area is 283 Å². The molecule has 2 N–H and O–H groups in total. The monoisotopic (exact) mass is 684 g/mol. The number of nitrogens with zero attached hydrogens (tertiary/aromatic N) is 3. The molecule has 1 aliphatic heterocycles. The number of benzene rings is 2. The van der Waals surface area contributed by atoms with E-state index < -0.39 is 29.9 Å². The highest BCUT2D eigenvalue weighted by Crippen LogP contribution is 2.36. The minimum absolute atomic E-state index is 0.0208. The predicted molar refractivity (Wildman–Crippen MR) is 179 cm³/mol. The van der Waals surface area contributed by atoms with E-state index in [-0.39, 0.29) is 31.6 Å². The average Bonchev–Trinajstić information content (AvgIpc) is 3.19. The lowest BCUT2D eigenvalue weighted by Crippen LogP contribution is -2.48. The largest absolute Gasteiger partial charge is 0.496 e. The number of rotatable bonds is 12. The number of aromatic nitrogens is 1. The Bertz CT molecular complexity index is 1610. The van der Waals surface area contributed by atoms with Crippen LogP contribution in [0.4, 0.5) is 4.79 Å². The number of ether oxygens (including phenoxy) is 4. The average molecular weight is 685 g/mol. The van der Waals surface area contributed by atoms with Crippen LogP contribution in [-0.2, 0) is 17.8 Å². The standard InChI is InChI=1S/C33H37ClN4O8S/c1-6-25(26-9-7-19(15-35-26)32(40)41)36-33(42)38-18-30(47)37(17-24-28(45-4)13-23(43-2)14-29(24)46-5)16-21(31(38)39)11-20-12-22(34)8-10-27(20)44-3/h7-10,12-15,21,25H,6,11,16-18H2,1-5H3,(H,36,42)(H,40,41)/t21-,25-/m1/s1. The lowest BCUT2D eigenvalue weighted by atomic mass is 9.96. The van der Waals surface area contributed by atoms with Crippen molar-refractivity contribution in [2.24, 2.45) is 5.92 Å². The molecule has 2 heterocycles. The first-order valence-electron chi connectivity index (χ1n) is 14.7. The summed E-state index contributed by atoms with van der Waals surface area (Å²) in [4.78, 5) is 46.9. The lowest BCUT2D eigenvalue weighted by Gasteiger charge is -2.27. The number of imide groups is 1. The van der Waals surface area contributed by atoms with Crippen molar-refractivity contribution in [1.82, 2.24) is 20.1 Å². The predicted octanol–water partition coefficient (Wildman–Crippen LogP) is 5.16. The Hall–Kier alpha value is -4.62. The number of hydrogen-bond donors (Lipinski definition) is 2. The summed E-state index contributed by atoms with van der Waals surface area (Å²) in [6.07, 6.45) is 1.87. The summed E-state index contributed by atoms with van der Waals surface area (Å²) >= 11 is 12.2. The van der Waals surface area contributed by atoms with Crippen LogP contribution in [0.5, 0.6) is 23.0 Å². The van der Waals surface area contributed by atoms with Crippen molar-refractivity contribution in [1.29, 1.82) is 0 Å². The van der Waals surface area contributed by atoms with Crippen LogP contribution in [0.15, 0.2) is 48.7 Å². The minimum Gasteiger partial charge on any atom is -0.496 e. The molecule has 1 saturated heterocycles. The topological polar surface area (TPSA) is 140 Å². The Kier molecular flexibility index (Phi) is 11.8. The molecule has 12 nitrogen and oxygen atoms in total. The number of amides is 3. The fourth-order valence-corrected chi connectivity index (χ4v) is 5.87. The van der Waals surface area contributed by atoms with Crippen molar-refractivity contribution in [2.45, 2.75) is 32.4 Å². The number of pyridine rings is 1. The van der Waals surface area contributed by atoms with Gasteiger partial charge in [-0.3, -0.25) is 14.7 Å². The summed E-state index contributed by atoms with van der Waals surface area (Å²) in [6.45, 7) is 2.08. The molecule has 1 aliphatic rings. The van der Waals surface area contributed by atoms with Gasteiger partial charge in [0.2, 0.25) is 5.91 Å². The molecule has 250 valence electrons. The molecule has 0 unspecified atom stereocenters. The zero-order valence-electron chi connectivity index (χ0n) is 26.7. The molecule has 0 bridgehead atoms. The molecule has 0 aliphatic carbocycles. The summed E-state index contributed by atoms with van der Waals surface area (Å²) in [6, 6.07) is 10.3. The molecule has 1 aromatic heterocycles. The third-order valence-corrected chi connectivity index (χ3v) is 8.54. The number of aromatic carboxylic acids is 1. The van der Waals surface area contributed by atoms with Crippen molar-refractivity contribution in [3.63, 3.8) is 0 Å². The number of urea groups is 1. The molecule has 0 saturated carbocycles. The first-order valence-corrected chi connectivity index (χ1v) is 15.5. The number of carbonyl (C=O) groups is 3. The van der Waals surface area contributed by atoms with Gasteiger partial charge in [-0.15, -0.1) is 0 Å². The second kappa shape index (κ2) is 15.8. The van der Waals surface area contributed by atoms with E-state index in [1.54, 1.807) is 43.5 Å². The van der Waals surface area contributed by atoms with Crippen LogP contribution < -0.4 is 24.3 Å². The maximum absolute atomic E-state index is 14.2. The number of carboxylic acids is 1. The van der Waals surface area contributed by atoms with Gasteiger partial charge in [0.15, 0.2) is 0 Å². The fourth-order valence-electron chi connectivity index (χ4n) is 5.40. The zero-order chi connectivity index (χ0) is 34.2. The van der Waals surface area contributed by atoms with Gasteiger partial charge in [-0.2, -0.15) is 0 Å². The fraction of sp³-hybridized carbons (Fsp3) is 0.364. The third kappa shape index (κ3) is 8.22. The molecule has 0 radical (unpaired) electrons. The number of halogens is 1. The number of carbonyl (C=O) groups excluding carboxylic acids is 2. The van der Waals surface area contributed by atoms with Gasteiger partial charge in [0.1, 0.15) is 23.0 Å².